The summed E-state index contributed by atoms with van der Waals surface area (Å²) in [6.45, 7) is -0.130. The second-order valence-corrected chi connectivity index (χ2v) is 8.43. The first kappa shape index (κ1) is 14.2. The molecule has 1 unspecified atom stereocenters. The SMILES string of the molecule is Nc1ncc(S(=O)(=O)NCC2CCCS2(=O)=O)cn1. The van der Waals surface area contributed by atoms with E-state index in [4.69, 9.17) is 5.73 Å². The maximum atomic E-state index is 11.9. The standard InChI is InChI=1S/C9H14N4O4S2/c10-9-11-4-8(5-12-9)19(16,17)13-6-7-2-1-3-18(7,14)15/h4-5,7,13H,1-3,6H2,(H2,10,11,12). The highest BCUT2D eigenvalue weighted by Crippen LogP contribution is 2.19. The zero-order valence-electron chi connectivity index (χ0n) is 9.98. The molecule has 1 saturated heterocycles. The topological polar surface area (TPSA) is 132 Å². The van der Waals surface area contributed by atoms with E-state index in [1.807, 2.05) is 0 Å². The van der Waals surface area contributed by atoms with E-state index in [0.29, 0.717) is 12.8 Å². The van der Waals surface area contributed by atoms with Gasteiger partial charge in [-0.3, -0.25) is 0 Å². The van der Waals surface area contributed by atoms with Crippen LogP contribution in [0.1, 0.15) is 12.8 Å². The maximum absolute atomic E-state index is 11.9. The molecule has 1 fully saturated rings. The molecule has 1 aliphatic rings. The minimum absolute atomic E-state index is 0.0303. The Hall–Kier alpha value is -1.26. The molecule has 1 atom stereocenters. The number of nitrogens with zero attached hydrogens (tertiary/aromatic N) is 2. The fourth-order valence-electron chi connectivity index (χ4n) is 1.84. The van der Waals surface area contributed by atoms with Crippen molar-refractivity contribution in [1.82, 2.24) is 14.7 Å². The van der Waals surface area contributed by atoms with Crippen molar-refractivity contribution in [3.05, 3.63) is 12.4 Å². The van der Waals surface area contributed by atoms with Crippen LogP contribution in [0.2, 0.25) is 0 Å². The first-order valence-corrected chi connectivity index (χ1v) is 8.80. The molecule has 0 aliphatic carbocycles. The number of hydrogen-bond donors (Lipinski definition) is 2. The summed E-state index contributed by atoms with van der Waals surface area (Å²) in [4.78, 5) is 7.02. The number of rotatable bonds is 4. The zero-order chi connectivity index (χ0) is 14.1. The Bertz CT molecular complexity index is 654. The second-order valence-electron chi connectivity index (χ2n) is 4.26. The van der Waals surface area contributed by atoms with Crippen LogP contribution in [-0.2, 0) is 19.9 Å². The molecule has 10 heteroatoms. The summed E-state index contributed by atoms with van der Waals surface area (Å²) < 4.78 is 49.2. The number of sulfone groups is 1. The minimum Gasteiger partial charge on any atom is -0.368 e. The van der Waals surface area contributed by atoms with Crippen LogP contribution in [0, 0.1) is 0 Å². The molecule has 0 radical (unpaired) electrons. The Labute approximate surface area is 111 Å². The number of aromatic nitrogens is 2. The molecule has 2 rings (SSSR count). The van der Waals surface area contributed by atoms with Crippen LogP contribution in [0.5, 0.6) is 0 Å². The van der Waals surface area contributed by atoms with Crippen molar-refractivity contribution in [1.29, 1.82) is 0 Å². The predicted octanol–water partition coefficient (Wildman–Crippen LogP) is -1.09. The van der Waals surface area contributed by atoms with Gasteiger partial charge in [0.05, 0.1) is 23.4 Å². The van der Waals surface area contributed by atoms with Crippen LogP contribution in [0.15, 0.2) is 17.3 Å². The lowest BCUT2D eigenvalue weighted by atomic mass is 10.2. The average molecular weight is 306 g/mol. The summed E-state index contributed by atoms with van der Waals surface area (Å²) in [6, 6.07) is 0. The van der Waals surface area contributed by atoms with Crippen LogP contribution in [0.4, 0.5) is 5.95 Å². The molecule has 19 heavy (non-hydrogen) atoms. The van der Waals surface area contributed by atoms with Crippen molar-refractivity contribution in [2.24, 2.45) is 0 Å². The first-order chi connectivity index (χ1) is 8.81. The smallest absolute Gasteiger partial charge is 0.243 e. The molecule has 1 aromatic heterocycles. The van der Waals surface area contributed by atoms with E-state index >= 15 is 0 Å². The van der Waals surface area contributed by atoms with Crippen molar-refractivity contribution in [3.63, 3.8) is 0 Å². The monoisotopic (exact) mass is 306 g/mol. The molecule has 0 saturated carbocycles. The van der Waals surface area contributed by atoms with Crippen molar-refractivity contribution >= 4 is 25.8 Å². The van der Waals surface area contributed by atoms with E-state index < -0.39 is 25.1 Å². The minimum atomic E-state index is -3.81. The van der Waals surface area contributed by atoms with Crippen molar-refractivity contribution < 1.29 is 16.8 Å². The number of anilines is 1. The molecule has 0 spiro atoms. The van der Waals surface area contributed by atoms with Crippen LogP contribution < -0.4 is 10.5 Å². The Morgan fingerprint density at radius 3 is 2.53 bits per heavy atom. The number of nitrogens with one attached hydrogen (secondary N) is 1. The molecule has 0 bridgehead atoms. The summed E-state index contributed by atoms with van der Waals surface area (Å²) >= 11 is 0. The quantitative estimate of drug-likeness (QED) is 0.722. The highest BCUT2D eigenvalue weighted by atomic mass is 32.2. The van der Waals surface area contributed by atoms with E-state index in [1.165, 1.54) is 0 Å². The van der Waals surface area contributed by atoms with E-state index in [2.05, 4.69) is 14.7 Å². The number of nitrogens with two attached hydrogens (primary N) is 1. The van der Waals surface area contributed by atoms with Gasteiger partial charge in [-0.1, -0.05) is 0 Å². The zero-order valence-corrected chi connectivity index (χ0v) is 11.6. The van der Waals surface area contributed by atoms with E-state index in [-0.39, 0.29) is 23.1 Å². The van der Waals surface area contributed by atoms with Crippen molar-refractivity contribution in [2.45, 2.75) is 23.0 Å². The van der Waals surface area contributed by atoms with Gasteiger partial charge in [0, 0.05) is 6.54 Å². The summed E-state index contributed by atoms with van der Waals surface area (Å²) in [5.41, 5.74) is 5.26. The molecule has 1 aliphatic heterocycles. The molecular weight excluding hydrogens is 292 g/mol. The van der Waals surface area contributed by atoms with E-state index in [1.54, 1.807) is 0 Å². The summed E-state index contributed by atoms with van der Waals surface area (Å²) in [6.07, 6.45) is 3.20. The molecule has 2 heterocycles. The van der Waals surface area contributed by atoms with Gasteiger partial charge in [-0.2, -0.15) is 0 Å². The highest BCUT2D eigenvalue weighted by molar-refractivity contribution is 7.92. The summed E-state index contributed by atoms with van der Waals surface area (Å²) in [5.74, 6) is 0.0852. The molecule has 0 amide bonds. The lowest BCUT2D eigenvalue weighted by Crippen LogP contribution is -2.34. The van der Waals surface area contributed by atoms with Gasteiger partial charge in [0.25, 0.3) is 0 Å². The Kier molecular flexibility index (Phi) is 3.74. The summed E-state index contributed by atoms with van der Waals surface area (Å²) in [5, 5.41) is -0.656. The predicted molar refractivity (Wildman–Crippen MR) is 68.4 cm³/mol. The van der Waals surface area contributed by atoms with Gasteiger partial charge in [0.1, 0.15) is 4.90 Å². The van der Waals surface area contributed by atoms with Gasteiger partial charge in [0.15, 0.2) is 9.84 Å². The number of sulfonamides is 1. The second kappa shape index (κ2) is 5.02. The molecule has 106 valence electrons. The molecule has 0 aromatic carbocycles. The van der Waals surface area contributed by atoms with Crippen molar-refractivity contribution in [2.75, 3.05) is 18.0 Å². The van der Waals surface area contributed by atoms with Gasteiger partial charge in [0.2, 0.25) is 16.0 Å². The highest BCUT2D eigenvalue weighted by Gasteiger charge is 2.32. The molecular formula is C9H14N4O4S2. The lowest BCUT2D eigenvalue weighted by molar-refractivity contribution is 0.570. The number of hydrogen-bond acceptors (Lipinski definition) is 7. The van der Waals surface area contributed by atoms with Crippen molar-refractivity contribution in [3.8, 4) is 0 Å². The van der Waals surface area contributed by atoms with Crippen LogP contribution >= 0.6 is 0 Å². The Balaban J connectivity index is 2.08. The maximum Gasteiger partial charge on any atom is 0.243 e. The molecule has 1 aromatic rings. The van der Waals surface area contributed by atoms with Crippen LogP contribution in [0.3, 0.4) is 0 Å². The van der Waals surface area contributed by atoms with Gasteiger partial charge >= 0.3 is 0 Å². The molecule has 3 N–H and O–H groups in total. The lowest BCUT2D eigenvalue weighted by Gasteiger charge is -2.11. The van der Waals surface area contributed by atoms with Crippen LogP contribution in [0.25, 0.3) is 0 Å². The van der Waals surface area contributed by atoms with E-state index in [0.717, 1.165) is 12.4 Å². The third-order valence-corrected chi connectivity index (χ3v) is 6.58. The Morgan fingerprint density at radius 1 is 1.37 bits per heavy atom. The first-order valence-electron chi connectivity index (χ1n) is 5.60. The Morgan fingerprint density at radius 2 is 2.00 bits per heavy atom. The molecule has 8 nitrogen and oxygen atoms in total. The fraction of sp³-hybridized carbons (Fsp3) is 0.556. The largest absolute Gasteiger partial charge is 0.368 e. The van der Waals surface area contributed by atoms with Gasteiger partial charge in [-0.15, -0.1) is 0 Å². The van der Waals surface area contributed by atoms with Gasteiger partial charge in [-0.05, 0) is 12.8 Å². The number of nitrogen functional groups attached to an aromatic ring is 1. The third-order valence-electron chi connectivity index (χ3n) is 2.92. The van der Waals surface area contributed by atoms with Gasteiger partial charge < -0.3 is 5.73 Å². The van der Waals surface area contributed by atoms with Crippen LogP contribution in [-0.4, -0.2) is 44.4 Å². The third kappa shape index (κ3) is 3.19. The van der Waals surface area contributed by atoms with E-state index in [9.17, 15) is 16.8 Å². The normalized spacial score (nSPS) is 22.4. The fourth-order valence-corrected chi connectivity index (χ4v) is 4.68. The average Bonchev–Trinajstić information content (AvgIpc) is 2.66. The summed E-state index contributed by atoms with van der Waals surface area (Å²) in [7, 11) is -6.99. The van der Waals surface area contributed by atoms with Gasteiger partial charge in [-0.25, -0.2) is 31.5 Å².